The largest absolute Gasteiger partial charge is 0.395 e. The van der Waals surface area contributed by atoms with Gasteiger partial charge in [-0.2, -0.15) is 0 Å². The SMILES string of the molecule is O=C(NCC1CCOCC1)c1cccc(C#CCCO)c1. The van der Waals surface area contributed by atoms with Crippen LogP contribution in [0.2, 0.25) is 0 Å². The van der Waals surface area contributed by atoms with Crippen LogP contribution in [-0.4, -0.2) is 37.4 Å². The Morgan fingerprint density at radius 2 is 2.19 bits per heavy atom. The Hall–Kier alpha value is -1.83. The first-order valence-electron chi connectivity index (χ1n) is 7.35. The molecule has 1 aromatic rings. The molecule has 0 unspecified atom stereocenters. The molecule has 4 heteroatoms. The number of hydrogen-bond acceptors (Lipinski definition) is 3. The second-order valence-electron chi connectivity index (χ2n) is 5.12. The molecule has 1 amide bonds. The Balaban J connectivity index is 1.89. The van der Waals surface area contributed by atoms with E-state index >= 15 is 0 Å². The molecule has 0 bridgehead atoms. The van der Waals surface area contributed by atoms with Crippen LogP contribution >= 0.6 is 0 Å². The van der Waals surface area contributed by atoms with E-state index in [9.17, 15) is 4.79 Å². The Morgan fingerprint density at radius 3 is 2.95 bits per heavy atom. The average Bonchev–Trinajstić information content (AvgIpc) is 2.54. The van der Waals surface area contributed by atoms with Crippen LogP contribution < -0.4 is 5.32 Å². The van der Waals surface area contributed by atoms with Gasteiger partial charge in [0.15, 0.2) is 0 Å². The Kier molecular flexibility index (Phi) is 6.26. The number of rotatable bonds is 4. The minimum Gasteiger partial charge on any atom is -0.395 e. The molecule has 1 saturated heterocycles. The van der Waals surface area contributed by atoms with Gasteiger partial charge in [0.05, 0.1) is 6.61 Å². The summed E-state index contributed by atoms with van der Waals surface area (Å²) in [4.78, 5) is 12.1. The van der Waals surface area contributed by atoms with E-state index in [1.54, 1.807) is 12.1 Å². The number of ether oxygens (including phenoxy) is 1. The molecule has 2 N–H and O–H groups in total. The Bertz CT molecular complexity index is 524. The molecule has 112 valence electrons. The third-order valence-corrected chi connectivity index (χ3v) is 3.49. The number of aliphatic hydroxyl groups excluding tert-OH is 1. The maximum absolute atomic E-state index is 12.1. The number of amides is 1. The summed E-state index contributed by atoms with van der Waals surface area (Å²) in [5.41, 5.74) is 1.42. The van der Waals surface area contributed by atoms with E-state index in [4.69, 9.17) is 9.84 Å². The van der Waals surface area contributed by atoms with Crippen molar-refractivity contribution in [2.45, 2.75) is 19.3 Å². The fourth-order valence-electron chi connectivity index (χ4n) is 2.25. The van der Waals surface area contributed by atoms with Gasteiger partial charge in [-0.25, -0.2) is 0 Å². The topological polar surface area (TPSA) is 58.6 Å². The number of benzene rings is 1. The van der Waals surface area contributed by atoms with Gasteiger partial charge in [-0.1, -0.05) is 17.9 Å². The Morgan fingerprint density at radius 1 is 1.38 bits per heavy atom. The molecule has 1 aliphatic heterocycles. The van der Waals surface area contributed by atoms with Crippen molar-refractivity contribution < 1.29 is 14.6 Å². The first-order valence-corrected chi connectivity index (χ1v) is 7.35. The minimum absolute atomic E-state index is 0.0538. The average molecular weight is 287 g/mol. The lowest BCUT2D eigenvalue weighted by atomic mass is 10.0. The summed E-state index contributed by atoms with van der Waals surface area (Å²) >= 11 is 0. The number of hydrogen-bond donors (Lipinski definition) is 2. The van der Waals surface area contributed by atoms with Gasteiger partial charge in [-0.3, -0.25) is 4.79 Å². The standard InChI is InChI=1S/C17H21NO3/c19-9-2-1-4-14-5-3-6-16(12-14)17(20)18-13-15-7-10-21-11-8-15/h3,5-6,12,15,19H,2,7-11,13H2,(H,18,20). The zero-order valence-corrected chi connectivity index (χ0v) is 12.1. The van der Waals surface area contributed by atoms with Crippen LogP contribution in [0.3, 0.4) is 0 Å². The second kappa shape index (κ2) is 8.46. The van der Waals surface area contributed by atoms with Gasteiger partial charge in [0, 0.05) is 37.3 Å². The van der Waals surface area contributed by atoms with Gasteiger partial charge >= 0.3 is 0 Å². The Labute approximate surface area is 125 Å². The first-order chi connectivity index (χ1) is 10.3. The molecule has 4 nitrogen and oxygen atoms in total. The van der Waals surface area contributed by atoms with Crippen molar-refractivity contribution in [2.24, 2.45) is 5.92 Å². The normalized spacial score (nSPS) is 15.1. The molecule has 1 fully saturated rings. The molecule has 0 aliphatic carbocycles. The molecule has 0 radical (unpaired) electrons. The third kappa shape index (κ3) is 5.22. The highest BCUT2D eigenvalue weighted by Gasteiger charge is 2.15. The lowest BCUT2D eigenvalue weighted by molar-refractivity contribution is 0.0642. The van der Waals surface area contributed by atoms with Gasteiger partial charge in [-0.15, -0.1) is 0 Å². The lowest BCUT2D eigenvalue weighted by Crippen LogP contribution is -2.32. The summed E-state index contributed by atoms with van der Waals surface area (Å²) in [7, 11) is 0. The summed E-state index contributed by atoms with van der Waals surface area (Å²) in [5, 5.41) is 11.7. The van der Waals surface area contributed by atoms with Gasteiger partial charge in [0.25, 0.3) is 5.91 Å². The van der Waals surface area contributed by atoms with E-state index in [1.165, 1.54) is 0 Å². The fraction of sp³-hybridized carbons (Fsp3) is 0.471. The summed E-state index contributed by atoms with van der Waals surface area (Å²) in [5.74, 6) is 6.24. The van der Waals surface area contributed by atoms with Crippen LogP contribution in [0, 0.1) is 17.8 Å². The quantitative estimate of drug-likeness (QED) is 0.827. The molecule has 0 aromatic heterocycles. The van der Waals surface area contributed by atoms with E-state index in [2.05, 4.69) is 17.2 Å². The van der Waals surface area contributed by atoms with E-state index in [0.29, 0.717) is 24.4 Å². The van der Waals surface area contributed by atoms with Crippen LogP contribution in [0.4, 0.5) is 0 Å². The number of aliphatic hydroxyl groups is 1. The molecule has 2 rings (SSSR count). The number of nitrogens with one attached hydrogen (secondary N) is 1. The zero-order valence-electron chi connectivity index (χ0n) is 12.1. The van der Waals surface area contributed by atoms with Crippen molar-refractivity contribution in [3.63, 3.8) is 0 Å². The monoisotopic (exact) mass is 287 g/mol. The maximum Gasteiger partial charge on any atom is 0.251 e. The molecular formula is C17H21NO3. The molecule has 1 heterocycles. The van der Waals surface area contributed by atoms with Crippen molar-refractivity contribution in [1.29, 1.82) is 0 Å². The molecule has 0 atom stereocenters. The molecule has 0 saturated carbocycles. The highest BCUT2D eigenvalue weighted by Crippen LogP contribution is 2.13. The zero-order chi connectivity index (χ0) is 14.9. The molecule has 21 heavy (non-hydrogen) atoms. The van der Waals surface area contributed by atoms with E-state index in [0.717, 1.165) is 31.6 Å². The van der Waals surface area contributed by atoms with Crippen LogP contribution in [0.25, 0.3) is 0 Å². The first kappa shape index (κ1) is 15.6. The molecule has 1 aliphatic rings. The highest BCUT2D eigenvalue weighted by molar-refractivity contribution is 5.94. The number of carbonyl (C=O) groups is 1. The summed E-state index contributed by atoms with van der Waals surface area (Å²) < 4.78 is 5.31. The minimum atomic E-state index is -0.0627. The lowest BCUT2D eigenvalue weighted by Gasteiger charge is -2.22. The molecular weight excluding hydrogens is 266 g/mol. The van der Waals surface area contributed by atoms with Crippen molar-refractivity contribution in [1.82, 2.24) is 5.32 Å². The number of carbonyl (C=O) groups excluding carboxylic acids is 1. The molecule has 1 aromatic carbocycles. The van der Waals surface area contributed by atoms with Gasteiger partial charge in [0.2, 0.25) is 0 Å². The maximum atomic E-state index is 12.1. The van der Waals surface area contributed by atoms with E-state index in [-0.39, 0.29) is 12.5 Å². The van der Waals surface area contributed by atoms with Crippen LogP contribution in [0.5, 0.6) is 0 Å². The van der Waals surface area contributed by atoms with Crippen LogP contribution in [-0.2, 0) is 4.74 Å². The predicted molar refractivity (Wildman–Crippen MR) is 80.9 cm³/mol. The predicted octanol–water partition coefficient (Wildman–Crippen LogP) is 1.58. The molecule has 0 spiro atoms. The summed E-state index contributed by atoms with van der Waals surface area (Å²) in [6.45, 7) is 2.33. The van der Waals surface area contributed by atoms with E-state index in [1.807, 2.05) is 12.1 Å². The summed E-state index contributed by atoms with van der Waals surface area (Å²) in [6, 6.07) is 7.26. The second-order valence-corrected chi connectivity index (χ2v) is 5.12. The third-order valence-electron chi connectivity index (χ3n) is 3.49. The summed E-state index contributed by atoms with van der Waals surface area (Å²) in [6.07, 6.45) is 2.46. The van der Waals surface area contributed by atoms with E-state index < -0.39 is 0 Å². The van der Waals surface area contributed by atoms with Crippen molar-refractivity contribution in [3.8, 4) is 11.8 Å². The van der Waals surface area contributed by atoms with Gasteiger partial charge in [0.1, 0.15) is 0 Å². The van der Waals surface area contributed by atoms with Crippen molar-refractivity contribution in [3.05, 3.63) is 35.4 Å². The van der Waals surface area contributed by atoms with Crippen molar-refractivity contribution >= 4 is 5.91 Å². The smallest absolute Gasteiger partial charge is 0.251 e. The van der Waals surface area contributed by atoms with Crippen LogP contribution in [0.1, 0.15) is 35.2 Å². The highest BCUT2D eigenvalue weighted by atomic mass is 16.5. The van der Waals surface area contributed by atoms with Gasteiger partial charge in [-0.05, 0) is 37.0 Å². The van der Waals surface area contributed by atoms with Crippen LogP contribution in [0.15, 0.2) is 24.3 Å². The van der Waals surface area contributed by atoms with Crippen molar-refractivity contribution in [2.75, 3.05) is 26.4 Å². The fourth-order valence-corrected chi connectivity index (χ4v) is 2.25. The van der Waals surface area contributed by atoms with Gasteiger partial charge < -0.3 is 15.2 Å².